The Morgan fingerprint density at radius 1 is 1.16 bits per heavy atom. The molecular weight excluding hydrogens is 417 g/mol. The van der Waals surface area contributed by atoms with Crippen molar-refractivity contribution in [3.8, 4) is 0 Å². The van der Waals surface area contributed by atoms with Crippen molar-refractivity contribution in [2.75, 3.05) is 18.5 Å². The lowest BCUT2D eigenvalue weighted by molar-refractivity contribution is 0.146. The molecule has 1 aliphatic rings. The van der Waals surface area contributed by atoms with E-state index in [9.17, 15) is 13.2 Å². The maximum absolute atomic E-state index is 14.7. The summed E-state index contributed by atoms with van der Waals surface area (Å²) in [6.07, 6.45) is 3.50. The third-order valence-corrected chi connectivity index (χ3v) is 5.79. The van der Waals surface area contributed by atoms with Crippen LogP contribution >= 0.6 is 0 Å². The zero-order valence-electron chi connectivity index (χ0n) is 17.4. The van der Waals surface area contributed by atoms with Gasteiger partial charge in [0.1, 0.15) is 11.6 Å². The Morgan fingerprint density at radius 3 is 2.78 bits per heavy atom. The maximum atomic E-state index is 14.7. The molecule has 3 heterocycles. The number of anilines is 1. The number of hydrogen-bond acceptors (Lipinski definition) is 4. The molecule has 0 spiro atoms. The fourth-order valence-electron chi connectivity index (χ4n) is 4.12. The number of benzene rings is 2. The minimum absolute atomic E-state index is 0.157. The highest BCUT2D eigenvalue weighted by molar-refractivity contribution is 5.93. The summed E-state index contributed by atoms with van der Waals surface area (Å²) in [6, 6.07) is 9.56. The van der Waals surface area contributed by atoms with Crippen LogP contribution in [0.5, 0.6) is 0 Å². The first-order valence-electron chi connectivity index (χ1n) is 10.4. The first-order valence-corrected chi connectivity index (χ1v) is 10.4. The third kappa shape index (κ3) is 3.60. The number of fused-ring (bicyclic) bond motifs is 3. The summed E-state index contributed by atoms with van der Waals surface area (Å²) in [7, 11) is 0. The summed E-state index contributed by atoms with van der Waals surface area (Å²) in [4.78, 5) is 8.92. The van der Waals surface area contributed by atoms with Crippen molar-refractivity contribution in [3.05, 3.63) is 77.4 Å². The molecule has 5 rings (SSSR count). The van der Waals surface area contributed by atoms with Gasteiger partial charge in [-0.15, -0.1) is 0 Å². The van der Waals surface area contributed by atoms with E-state index in [0.29, 0.717) is 24.8 Å². The third-order valence-electron chi connectivity index (χ3n) is 5.79. The summed E-state index contributed by atoms with van der Waals surface area (Å²) < 4.78 is 48.4. The van der Waals surface area contributed by atoms with Crippen molar-refractivity contribution in [2.24, 2.45) is 0 Å². The average molecular weight is 438 g/mol. The molecule has 2 aromatic heterocycles. The molecule has 0 radical (unpaired) electrons. The molecule has 1 N–H and O–H groups in total. The van der Waals surface area contributed by atoms with Gasteiger partial charge in [-0.2, -0.15) is 4.98 Å². The molecule has 2 aromatic carbocycles. The molecule has 4 aromatic rings. The van der Waals surface area contributed by atoms with Gasteiger partial charge in [0.25, 0.3) is 6.43 Å². The van der Waals surface area contributed by atoms with Crippen molar-refractivity contribution < 1.29 is 17.9 Å². The number of hydrogen-bond donors (Lipinski definition) is 1. The molecule has 1 unspecified atom stereocenters. The average Bonchev–Trinajstić information content (AvgIpc) is 3.28. The monoisotopic (exact) mass is 438 g/mol. The van der Waals surface area contributed by atoms with E-state index >= 15 is 0 Å². The smallest absolute Gasteiger partial charge is 0.266 e. The normalized spacial score (nSPS) is 15.3. The number of rotatable bonds is 5. The first kappa shape index (κ1) is 20.5. The lowest BCUT2D eigenvalue weighted by Crippen LogP contribution is -2.12. The number of aromatic nitrogens is 3. The van der Waals surface area contributed by atoms with Crippen molar-refractivity contribution in [3.63, 3.8) is 0 Å². The molecule has 0 amide bonds. The van der Waals surface area contributed by atoms with Crippen LogP contribution in [-0.2, 0) is 4.74 Å². The standard InChI is InChI=1S/C24H21F3N4O/c1-14(17-3-2-4-18(21(17)25)22(26)27)29-23-19-13-16(15-7-11-32-12-8-15)5-6-20(19)31-10-9-28-24(31)30-23/h2-7,9-10,13-14,22H,8,11-12H2,1H3,(H,28,29,30). The van der Waals surface area contributed by atoms with E-state index in [1.807, 2.05) is 22.7 Å². The van der Waals surface area contributed by atoms with Crippen LogP contribution < -0.4 is 5.32 Å². The van der Waals surface area contributed by atoms with Crippen LogP contribution in [0.25, 0.3) is 22.3 Å². The van der Waals surface area contributed by atoms with Crippen molar-refractivity contribution in [1.82, 2.24) is 14.4 Å². The Hall–Kier alpha value is -3.39. The molecule has 32 heavy (non-hydrogen) atoms. The largest absolute Gasteiger partial charge is 0.377 e. The Labute approximate surface area is 182 Å². The molecule has 0 bridgehead atoms. The molecule has 164 valence electrons. The Morgan fingerprint density at radius 2 is 2.00 bits per heavy atom. The van der Waals surface area contributed by atoms with Gasteiger partial charge in [-0.25, -0.2) is 18.2 Å². The van der Waals surface area contributed by atoms with Crippen LogP contribution in [0.4, 0.5) is 19.0 Å². The highest BCUT2D eigenvalue weighted by atomic mass is 19.3. The zero-order chi connectivity index (χ0) is 22.2. The molecule has 1 aliphatic heterocycles. The summed E-state index contributed by atoms with van der Waals surface area (Å²) in [5, 5.41) is 4.06. The Bertz CT molecular complexity index is 1330. The van der Waals surface area contributed by atoms with Gasteiger partial charge in [0.15, 0.2) is 0 Å². The van der Waals surface area contributed by atoms with Gasteiger partial charge in [0.2, 0.25) is 5.78 Å². The second-order valence-electron chi connectivity index (χ2n) is 7.76. The van der Waals surface area contributed by atoms with Gasteiger partial charge in [-0.3, -0.25) is 4.40 Å². The van der Waals surface area contributed by atoms with Gasteiger partial charge < -0.3 is 10.1 Å². The van der Waals surface area contributed by atoms with Crippen molar-refractivity contribution in [2.45, 2.75) is 25.8 Å². The van der Waals surface area contributed by atoms with Gasteiger partial charge in [0, 0.05) is 23.3 Å². The number of alkyl halides is 2. The quantitative estimate of drug-likeness (QED) is 0.419. The van der Waals surface area contributed by atoms with Gasteiger partial charge in [-0.05, 0) is 36.6 Å². The SMILES string of the molecule is CC(Nc1nc2nccn2c2ccc(C3=CCOCC3)cc12)c1cccc(C(F)F)c1F. The number of ether oxygens (including phenoxy) is 1. The van der Waals surface area contributed by atoms with E-state index in [1.165, 1.54) is 17.7 Å². The van der Waals surface area contributed by atoms with Crippen LogP contribution in [0.1, 0.15) is 42.5 Å². The summed E-state index contributed by atoms with van der Waals surface area (Å²) in [5.74, 6) is 0.108. The summed E-state index contributed by atoms with van der Waals surface area (Å²) in [6.45, 7) is 2.97. The minimum atomic E-state index is -2.88. The fourth-order valence-corrected chi connectivity index (χ4v) is 4.12. The molecule has 0 saturated heterocycles. The van der Waals surface area contributed by atoms with E-state index in [-0.39, 0.29) is 5.56 Å². The fraction of sp³-hybridized carbons (Fsp3) is 0.250. The molecular formula is C24H21F3N4O. The number of imidazole rings is 1. The molecule has 1 atom stereocenters. The number of halogens is 3. The minimum Gasteiger partial charge on any atom is -0.377 e. The lowest BCUT2D eigenvalue weighted by Gasteiger charge is -2.20. The van der Waals surface area contributed by atoms with Crippen LogP contribution in [0, 0.1) is 5.82 Å². The van der Waals surface area contributed by atoms with E-state index in [1.54, 1.807) is 13.1 Å². The Kier molecular flexibility index (Phi) is 5.30. The van der Waals surface area contributed by atoms with Gasteiger partial charge in [-0.1, -0.05) is 30.3 Å². The molecule has 0 aliphatic carbocycles. The predicted octanol–water partition coefficient (Wildman–Crippen LogP) is 5.94. The first-order chi connectivity index (χ1) is 15.5. The highest BCUT2D eigenvalue weighted by Gasteiger charge is 2.21. The highest BCUT2D eigenvalue weighted by Crippen LogP contribution is 2.33. The van der Waals surface area contributed by atoms with Gasteiger partial charge >= 0.3 is 0 Å². The second-order valence-corrected chi connectivity index (χ2v) is 7.76. The van der Waals surface area contributed by atoms with Crippen LogP contribution in [-0.4, -0.2) is 27.6 Å². The van der Waals surface area contributed by atoms with E-state index < -0.39 is 23.8 Å². The topological polar surface area (TPSA) is 51.5 Å². The number of nitrogens with zero attached hydrogens (tertiary/aromatic N) is 3. The molecule has 0 saturated carbocycles. The van der Waals surface area contributed by atoms with Gasteiger partial charge in [0.05, 0.1) is 30.3 Å². The van der Waals surface area contributed by atoms with Crippen molar-refractivity contribution in [1.29, 1.82) is 0 Å². The maximum Gasteiger partial charge on any atom is 0.266 e. The molecule has 0 fully saturated rings. The van der Waals surface area contributed by atoms with Crippen LogP contribution in [0.3, 0.4) is 0 Å². The van der Waals surface area contributed by atoms with Crippen LogP contribution in [0.15, 0.2) is 54.9 Å². The molecule has 5 nitrogen and oxygen atoms in total. The second kappa shape index (κ2) is 8.27. The lowest BCUT2D eigenvalue weighted by atomic mass is 9.99. The molecule has 8 heteroatoms. The van der Waals surface area contributed by atoms with E-state index in [4.69, 9.17) is 4.74 Å². The van der Waals surface area contributed by atoms with E-state index in [0.717, 1.165) is 29.0 Å². The predicted molar refractivity (Wildman–Crippen MR) is 117 cm³/mol. The van der Waals surface area contributed by atoms with Crippen molar-refractivity contribution >= 4 is 28.1 Å². The summed E-state index contributed by atoms with van der Waals surface area (Å²) in [5.41, 5.74) is 2.69. The Balaban J connectivity index is 1.60. The number of nitrogens with one attached hydrogen (secondary N) is 1. The summed E-state index contributed by atoms with van der Waals surface area (Å²) >= 11 is 0. The van der Waals surface area contributed by atoms with E-state index in [2.05, 4.69) is 27.4 Å². The van der Waals surface area contributed by atoms with Crippen LogP contribution in [0.2, 0.25) is 0 Å². The zero-order valence-corrected chi connectivity index (χ0v) is 17.4.